The molecule has 0 aliphatic carbocycles. The van der Waals surface area contributed by atoms with Crippen LogP contribution in [0.1, 0.15) is 19.3 Å². The van der Waals surface area contributed by atoms with E-state index in [9.17, 15) is 4.79 Å². The predicted molar refractivity (Wildman–Crippen MR) is 82.5 cm³/mol. The SMILES string of the molecule is CN=C(NCCCOC1CCOC1)NCCC(=O)N(C)C. The Morgan fingerprint density at radius 2 is 2.14 bits per heavy atom. The van der Waals surface area contributed by atoms with Crippen LogP contribution >= 0.6 is 0 Å². The topological polar surface area (TPSA) is 75.2 Å². The van der Waals surface area contributed by atoms with E-state index in [1.165, 1.54) is 0 Å². The van der Waals surface area contributed by atoms with Gasteiger partial charge in [-0.25, -0.2) is 0 Å². The second-order valence-corrected chi connectivity index (χ2v) is 5.17. The Labute approximate surface area is 127 Å². The van der Waals surface area contributed by atoms with Crippen LogP contribution in [0, 0.1) is 0 Å². The molecule has 0 bridgehead atoms. The first-order chi connectivity index (χ1) is 10.1. The van der Waals surface area contributed by atoms with Gasteiger partial charge in [0.15, 0.2) is 5.96 Å². The van der Waals surface area contributed by atoms with Crippen LogP contribution in [0.4, 0.5) is 0 Å². The van der Waals surface area contributed by atoms with Crippen molar-refractivity contribution >= 4 is 11.9 Å². The minimum Gasteiger partial charge on any atom is -0.379 e. The number of ether oxygens (including phenoxy) is 2. The van der Waals surface area contributed by atoms with Crippen molar-refractivity contribution in [2.75, 3.05) is 54.1 Å². The molecule has 2 N–H and O–H groups in total. The van der Waals surface area contributed by atoms with Crippen molar-refractivity contribution in [1.82, 2.24) is 15.5 Å². The van der Waals surface area contributed by atoms with Crippen molar-refractivity contribution in [2.24, 2.45) is 4.99 Å². The molecular formula is C14H28N4O3. The van der Waals surface area contributed by atoms with Gasteiger partial charge in [0.2, 0.25) is 5.91 Å². The highest BCUT2D eigenvalue weighted by atomic mass is 16.5. The summed E-state index contributed by atoms with van der Waals surface area (Å²) in [5.41, 5.74) is 0. The lowest BCUT2D eigenvalue weighted by atomic mass is 10.3. The van der Waals surface area contributed by atoms with Crippen LogP contribution in [0.15, 0.2) is 4.99 Å². The first-order valence-electron chi connectivity index (χ1n) is 7.47. The lowest BCUT2D eigenvalue weighted by molar-refractivity contribution is -0.128. The number of nitrogens with one attached hydrogen (secondary N) is 2. The molecule has 1 unspecified atom stereocenters. The Morgan fingerprint density at radius 1 is 1.38 bits per heavy atom. The second kappa shape index (κ2) is 10.4. The molecule has 1 atom stereocenters. The van der Waals surface area contributed by atoms with Crippen molar-refractivity contribution in [2.45, 2.75) is 25.4 Å². The molecule has 7 nitrogen and oxygen atoms in total. The van der Waals surface area contributed by atoms with Crippen LogP contribution in [0.25, 0.3) is 0 Å². The van der Waals surface area contributed by atoms with Crippen LogP contribution in [-0.4, -0.2) is 76.9 Å². The quantitative estimate of drug-likeness (QED) is 0.370. The molecule has 0 spiro atoms. The number of nitrogens with zero attached hydrogens (tertiary/aromatic N) is 2. The van der Waals surface area contributed by atoms with E-state index in [0.717, 1.165) is 39.2 Å². The monoisotopic (exact) mass is 300 g/mol. The molecule has 21 heavy (non-hydrogen) atoms. The third kappa shape index (κ3) is 7.87. The summed E-state index contributed by atoms with van der Waals surface area (Å²) in [5.74, 6) is 0.816. The zero-order valence-corrected chi connectivity index (χ0v) is 13.4. The van der Waals surface area contributed by atoms with E-state index in [1.807, 2.05) is 0 Å². The molecule has 0 aromatic heterocycles. The number of amides is 1. The molecule has 0 aromatic rings. The summed E-state index contributed by atoms with van der Waals surface area (Å²) in [4.78, 5) is 17.1. The van der Waals surface area contributed by atoms with Gasteiger partial charge in [0.25, 0.3) is 0 Å². The van der Waals surface area contributed by atoms with E-state index in [2.05, 4.69) is 15.6 Å². The van der Waals surface area contributed by atoms with E-state index in [4.69, 9.17) is 9.47 Å². The molecule has 122 valence electrons. The first-order valence-corrected chi connectivity index (χ1v) is 7.47. The average molecular weight is 300 g/mol. The zero-order chi connectivity index (χ0) is 15.5. The van der Waals surface area contributed by atoms with Gasteiger partial charge in [-0.05, 0) is 12.8 Å². The first kappa shape index (κ1) is 17.7. The highest BCUT2D eigenvalue weighted by Crippen LogP contribution is 2.07. The van der Waals surface area contributed by atoms with Crippen molar-refractivity contribution in [3.8, 4) is 0 Å². The molecule has 1 aliphatic rings. The van der Waals surface area contributed by atoms with E-state index in [0.29, 0.717) is 18.9 Å². The molecular weight excluding hydrogens is 272 g/mol. The molecule has 0 aromatic carbocycles. The minimum atomic E-state index is 0.102. The summed E-state index contributed by atoms with van der Waals surface area (Å²) >= 11 is 0. The van der Waals surface area contributed by atoms with E-state index < -0.39 is 0 Å². The number of hydrogen-bond donors (Lipinski definition) is 2. The highest BCUT2D eigenvalue weighted by molar-refractivity contribution is 5.81. The van der Waals surface area contributed by atoms with Gasteiger partial charge in [-0.2, -0.15) is 0 Å². The Morgan fingerprint density at radius 3 is 2.76 bits per heavy atom. The Balaban J connectivity index is 2.01. The molecule has 1 rings (SSSR count). The summed E-state index contributed by atoms with van der Waals surface area (Å²) in [5, 5.41) is 6.32. The van der Waals surface area contributed by atoms with Gasteiger partial charge in [0, 0.05) is 53.9 Å². The lowest BCUT2D eigenvalue weighted by Crippen LogP contribution is -2.39. The second-order valence-electron chi connectivity index (χ2n) is 5.17. The number of aliphatic imine (C=N–C) groups is 1. The summed E-state index contributed by atoms with van der Waals surface area (Å²) in [6, 6.07) is 0. The smallest absolute Gasteiger partial charge is 0.223 e. The predicted octanol–water partition coefficient (Wildman–Crippen LogP) is -0.175. The van der Waals surface area contributed by atoms with Crippen molar-refractivity contribution in [3.05, 3.63) is 0 Å². The van der Waals surface area contributed by atoms with E-state index in [-0.39, 0.29) is 12.0 Å². The van der Waals surface area contributed by atoms with Gasteiger partial charge in [-0.15, -0.1) is 0 Å². The summed E-state index contributed by atoms with van der Waals surface area (Å²) in [6.07, 6.45) is 2.63. The third-order valence-corrected chi connectivity index (χ3v) is 3.21. The van der Waals surface area contributed by atoms with Crippen molar-refractivity contribution < 1.29 is 14.3 Å². The van der Waals surface area contributed by atoms with Gasteiger partial charge >= 0.3 is 0 Å². The summed E-state index contributed by atoms with van der Waals surface area (Å²) in [6.45, 7) is 3.61. The van der Waals surface area contributed by atoms with Crippen LogP contribution < -0.4 is 10.6 Å². The summed E-state index contributed by atoms with van der Waals surface area (Å²) < 4.78 is 10.9. The molecule has 0 radical (unpaired) electrons. The molecule has 1 amide bonds. The number of hydrogen-bond acceptors (Lipinski definition) is 4. The molecule has 1 heterocycles. The van der Waals surface area contributed by atoms with Gasteiger partial charge in [-0.1, -0.05) is 0 Å². The van der Waals surface area contributed by atoms with Crippen LogP contribution in [0.5, 0.6) is 0 Å². The van der Waals surface area contributed by atoms with Gasteiger partial charge in [0.1, 0.15) is 0 Å². The van der Waals surface area contributed by atoms with Crippen LogP contribution in [-0.2, 0) is 14.3 Å². The zero-order valence-electron chi connectivity index (χ0n) is 13.4. The van der Waals surface area contributed by atoms with E-state index in [1.54, 1.807) is 26.0 Å². The van der Waals surface area contributed by atoms with Gasteiger partial charge < -0.3 is 25.0 Å². The molecule has 7 heteroatoms. The van der Waals surface area contributed by atoms with Gasteiger partial charge in [-0.3, -0.25) is 9.79 Å². The molecule has 1 aliphatic heterocycles. The van der Waals surface area contributed by atoms with Gasteiger partial charge in [0.05, 0.1) is 12.7 Å². The number of carbonyl (C=O) groups is 1. The maximum absolute atomic E-state index is 11.4. The maximum atomic E-state index is 11.4. The fraction of sp³-hybridized carbons (Fsp3) is 0.857. The average Bonchev–Trinajstić information content (AvgIpc) is 2.97. The van der Waals surface area contributed by atoms with Crippen LogP contribution in [0.2, 0.25) is 0 Å². The standard InChI is InChI=1S/C14H28N4O3/c1-15-14(17-8-5-13(19)18(2)3)16-7-4-9-21-12-6-10-20-11-12/h12H,4-11H2,1-3H3,(H2,15,16,17). The van der Waals surface area contributed by atoms with Crippen LogP contribution in [0.3, 0.4) is 0 Å². The highest BCUT2D eigenvalue weighted by Gasteiger charge is 2.15. The lowest BCUT2D eigenvalue weighted by Gasteiger charge is -2.14. The minimum absolute atomic E-state index is 0.102. The largest absolute Gasteiger partial charge is 0.379 e. The molecule has 0 saturated carbocycles. The Hall–Kier alpha value is -1.34. The number of rotatable bonds is 8. The fourth-order valence-electron chi connectivity index (χ4n) is 1.91. The Bertz CT molecular complexity index is 328. The summed E-state index contributed by atoms with van der Waals surface area (Å²) in [7, 11) is 5.23. The maximum Gasteiger partial charge on any atom is 0.223 e. The molecule has 1 fully saturated rings. The number of carbonyl (C=O) groups excluding carboxylic acids is 1. The third-order valence-electron chi connectivity index (χ3n) is 3.21. The number of guanidine groups is 1. The molecule has 1 saturated heterocycles. The fourth-order valence-corrected chi connectivity index (χ4v) is 1.91. The van der Waals surface area contributed by atoms with Crippen molar-refractivity contribution in [3.63, 3.8) is 0 Å². The normalized spacial score (nSPS) is 18.6. The Kier molecular flexibility index (Phi) is 8.77. The van der Waals surface area contributed by atoms with E-state index >= 15 is 0 Å². The van der Waals surface area contributed by atoms with Crippen molar-refractivity contribution in [1.29, 1.82) is 0 Å².